The van der Waals surface area contributed by atoms with Crippen LogP contribution in [0.25, 0.3) is 0 Å². The molecule has 0 aliphatic carbocycles. The van der Waals surface area contributed by atoms with E-state index in [4.69, 9.17) is 5.26 Å². The minimum Gasteiger partial charge on any atom is -0.310 e. The average Bonchev–Trinajstić information content (AvgIpc) is 2.79. The van der Waals surface area contributed by atoms with Crippen LogP contribution in [0.15, 0.2) is 30.9 Å². The molecule has 96 valence electrons. The number of benzene rings is 1. The van der Waals surface area contributed by atoms with Crippen molar-refractivity contribution in [3.63, 3.8) is 0 Å². The van der Waals surface area contributed by atoms with E-state index in [9.17, 15) is 14.9 Å². The molecule has 0 bridgehead atoms. The van der Waals surface area contributed by atoms with Gasteiger partial charge in [0.05, 0.1) is 16.2 Å². The van der Waals surface area contributed by atoms with E-state index in [1.54, 1.807) is 6.08 Å². The van der Waals surface area contributed by atoms with Gasteiger partial charge in [-0.2, -0.15) is 5.26 Å². The number of anilines is 1. The van der Waals surface area contributed by atoms with E-state index in [-0.39, 0.29) is 23.1 Å². The Kier molecular flexibility index (Phi) is 3.29. The minimum atomic E-state index is -0.567. The Hall–Kier alpha value is -2.68. The molecule has 1 unspecified atom stereocenters. The zero-order valence-corrected chi connectivity index (χ0v) is 10.1. The summed E-state index contributed by atoms with van der Waals surface area (Å²) < 4.78 is 0. The summed E-state index contributed by atoms with van der Waals surface area (Å²) in [6.07, 6.45) is 2.06. The number of non-ortho nitro benzene ring substituents is 1. The van der Waals surface area contributed by atoms with Gasteiger partial charge in [-0.3, -0.25) is 14.9 Å². The largest absolute Gasteiger partial charge is 0.310 e. The third-order valence-corrected chi connectivity index (χ3v) is 3.09. The van der Waals surface area contributed by atoms with E-state index in [0.29, 0.717) is 18.7 Å². The van der Waals surface area contributed by atoms with Gasteiger partial charge in [-0.15, -0.1) is 6.58 Å². The molecular weight excluding hydrogens is 246 g/mol. The van der Waals surface area contributed by atoms with Crippen molar-refractivity contribution in [2.24, 2.45) is 5.92 Å². The molecular formula is C13H11N3O3. The second-order valence-electron chi connectivity index (χ2n) is 4.27. The lowest BCUT2D eigenvalue weighted by Crippen LogP contribution is -2.25. The first-order valence-electron chi connectivity index (χ1n) is 5.68. The maximum Gasteiger partial charge on any atom is 0.270 e. The number of hydrogen-bond donors (Lipinski definition) is 0. The lowest BCUT2D eigenvalue weighted by molar-refractivity contribution is -0.384. The van der Waals surface area contributed by atoms with Crippen LogP contribution in [0.4, 0.5) is 11.4 Å². The highest BCUT2D eigenvalue weighted by Crippen LogP contribution is 2.30. The number of nitrogens with zero attached hydrogens (tertiary/aromatic N) is 3. The quantitative estimate of drug-likeness (QED) is 0.470. The average molecular weight is 257 g/mol. The standard InChI is InChI=1S/C13H11N3O3/c1-2-9-5-13(17)15(8-9)12-4-3-11(16(18)19)6-10(12)7-14/h2-4,6,9H,1,5,8H2. The molecule has 2 rings (SSSR count). The first kappa shape index (κ1) is 12.8. The summed E-state index contributed by atoms with van der Waals surface area (Å²) in [6.45, 7) is 4.11. The van der Waals surface area contributed by atoms with Crippen LogP contribution in [0, 0.1) is 27.4 Å². The fourth-order valence-electron chi connectivity index (χ4n) is 2.09. The number of rotatable bonds is 3. The van der Waals surface area contributed by atoms with E-state index in [1.807, 2.05) is 6.07 Å². The molecule has 1 aliphatic heterocycles. The summed E-state index contributed by atoms with van der Waals surface area (Å²) in [6, 6.07) is 5.82. The van der Waals surface area contributed by atoms with E-state index < -0.39 is 4.92 Å². The fraction of sp³-hybridized carbons (Fsp3) is 0.231. The molecule has 1 amide bonds. The van der Waals surface area contributed by atoms with Gasteiger partial charge >= 0.3 is 0 Å². The molecule has 1 fully saturated rings. The third kappa shape index (κ3) is 2.31. The van der Waals surface area contributed by atoms with Crippen LogP contribution < -0.4 is 4.90 Å². The van der Waals surface area contributed by atoms with Crippen LogP contribution in [0.5, 0.6) is 0 Å². The van der Waals surface area contributed by atoms with E-state index in [2.05, 4.69) is 6.58 Å². The second kappa shape index (κ2) is 4.90. The van der Waals surface area contributed by atoms with Crippen molar-refractivity contribution < 1.29 is 9.72 Å². The molecule has 1 atom stereocenters. The topological polar surface area (TPSA) is 87.2 Å². The minimum absolute atomic E-state index is 0.0502. The van der Waals surface area contributed by atoms with Crippen molar-refractivity contribution in [3.8, 4) is 6.07 Å². The van der Waals surface area contributed by atoms with Gasteiger partial charge in [0, 0.05) is 31.0 Å². The van der Waals surface area contributed by atoms with Crippen molar-refractivity contribution in [2.75, 3.05) is 11.4 Å². The number of nitro benzene ring substituents is 1. The summed E-state index contributed by atoms with van der Waals surface area (Å²) in [5.41, 5.74) is 0.391. The molecule has 0 radical (unpaired) electrons. The lowest BCUT2D eigenvalue weighted by Gasteiger charge is -2.17. The van der Waals surface area contributed by atoms with Crippen LogP contribution in [0.3, 0.4) is 0 Å². The van der Waals surface area contributed by atoms with Crippen LogP contribution in [-0.4, -0.2) is 17.4 Å². The predicted octanol–water partition coefficient (Wildman–Crippen LogP) is 2.01. The maximum atomic E-state index is 11.9. The number of carbonyl (C=O) groups excluding carboxylic acids is 1. The highest BCUT2D eigenvalue weighted by molar-refractivity contribution is 5.97. The van der Waals surface area contributed by atoms with E-state index >= 15 is 0 Å². The van der Waals surface area contributed by atoms with Gasteiger partial charge in [-0.1, -0.05) is 6.08 Å². The molecule has 0 aromatic heterocycles. The van der Waals surface area contributed by atoms with E-state index in [1.165, 1.54) is 23.1 Å². The van der Waals surface area contributed by atoms with Crippen molar-refractivity contribution in [3.05, 3.63) is 46.5 Å². The predicted molar refractivity (Wildman–Crippen MR) is 68.5 cm³/mol. The summed E-state index contributed by atoms with van der Waals surface area (Å²) >= 11 is 0. The number of nitro groups is 1. The molecule has 1 heterocycles. The van der Waals surface area contributed by atoms with Crippen LogP contribution in [0.2, 0.25) is 0 Å². The maximum absolute atomic E-state index is 11.9. The highest BCUT2D eigenvalue weighted by atomic mass is 16.6. The van der Waals surface area contributed by atoms with Crippen LogP contribution in [-0.2, 0) is 4.79 Å². The van der Waals surface area contributed by atoms with Crippen molar-refractivity contribution in [2.45, 2.75) is 6.42 Å². The van der Waals surface area contributed by atoms with Crippen molar-refractivity contribution in [1.29, 1.82) is 5.26 Å². The zero-order chi connectivity index (χ0) is 14.0. The highest BCUT2D eigenvalue weighted by Gasteiger charge is 2.30. The molecule has 1 saturated heterocycles. The lowest BCUT2D eigenvalue weighted by atomic mass is 10.1. The Morgan fingerprint density at radius 2 is 2.32 bits per heavy atom. The molecule has 0 saturated carbocycles. The Morgan fingerprint density at radius 3 is 2.84 bits per heavy atom. The van der Waals surface area contributed by atoms with Gasteiger partial charge < -0.3 is 4.90 Å². The van der Waals surface area contributed by atoms with Crippen LogP contribution in [0.1, 0.15) is 12.0 Å². The summed E-state index contributed by atoms with van der Waals surface area (Å²) in [5.74, 6) is -0.0514. The Balaban J connectivity index is 2.41. The number of hydrogen-bond acceptors (Lipinski definition) is 4. The number of nitriles is 1. The molecule has 1 aromatic carbocycles. The molecule has 1 aliphatic rings. The summed E-state index contributed by atoms with van der Waals surface area (Å²) in [7, 11) is 0. The molecule has 19 heavy (non-hydrogen) atoms. The smallest absolute Gasteiger partial charge is 0.270 e. The van der Waals surface area contributed by atoms with Crippen molar-refractivity contribution in [1.82, 2.24) is 0 Å². The normalized spacial score (nSPS) is 18.2. The number of amides is 1. The Bertz CT molecular complexity index is 604. The molecule has 6 heteroatoms. The second-order valence-corrected chi connectivity index (χ2v) is 4.27. The SMILES string of the molecule is C=CC1CC(=O)N(c2ccc([N+](=O)[O-])cc2C#N)C1. The van der Waals surface area contributed by atoms with Gasteiger partial charge in [0.15, 0.2) is 0 Å². The molecule has 1 aromatic rings. The Labute approximate surface area is 109 Å². The van der Waals surface area contributed by atoms with Gasteiger partial charge in [-0.05, 0) is 6.07 Å². The van der Waals surface area contributed by atoms with E-state index in [0.717, 1.165) is 0 Å². The third-order valence-electron chi connectivity index (χ3n) is 3.09. The van der Waals surface area contributed by atoms with Crippen LogP contribution >= 0.6 is 0 Å². The summed E-state index contributed by atoms with van der Waals surface area (Å²) in [4.78, 5) is 23.4. The molecule has 0 spiro atoms. The van der Waals surface area contributed by atoms with Gasteiger partial charge in [0.25, 0.3) is 5.69 Å². The fourth-order valence-corrected chi connectivity index (χ4v) is 2.09. The van der Waals surface area contributed by atoms with Gasteiger partial charge in [0.1, 0.15) is 6.07 Å². The first-order valence-corrected chi connectivity index (χ1v) is 5.68. The molecule has 6 nitrogen and oxygen atoms in total. The zero-order valence-electron chi connectivity index (χ0n) is 10.1. The van der Waals surface area contributed by atoms with Gasteiger partial charge in [0.2, 0.25) is 5.91 Å². The number of carbonyl (C=O) groups is 1. The monoisotopic (exact) mass is 257 g/mol. The molecule has 0 N–H and O–H groups in total. The Morgan fingerprint density at radius 1 is 1.58 bits per heavy atom. The van der Waals surface area contributed by atoms with Crippen molar-refractivity contribution >= 4 is 17.3 Å². The first-order chi connectivity index (χ1) is 9.06. The summed E-state index contributed by atoms with van der Waals surface area (Å²) in [5, 5.41) is 19.7. The van der Waals surface area contributed by atoms with Gasteiger partial charge in [-0.25, -0.2) is 0 Å².